The summed E-state index contributed by atoms with van der Waals surface area (Å²) in [7, 11) is 0. The lowest BCUT2D eigenvalue weighted by atomic mass is 10.1. The molecule has 4 nitrogen and oxygen atoms in total. The van der Waals surface area contributed by atoms with Gasteiger partial charge >= 0.3 is 0 Å². The maximum Gasteiger partial charge on any atom is 0.220 e. The van der Waals surface area contributed by atoms with Crippen LogP contribution in [0.1, 0.15) is 23.1 Å². The first-order chi connectivity index (χ1) is 11.8. The third-order valence-corrected chi connectivity index (χ3v) is 5.04. The second-order valence-electron chi connectivity index (χ2n) is 6.07. The van der Waals surface area contributed by atoms with E-state index < -0.39 is 0 Å². The zero-order valence-electron chi connectivity index (χ0n) is 13.9. The van der Waals surface area contributed by atoms with Crippen LogP contribution in [0.15, 0.2) is 41.1 Å². The summed E-state index contributed by atoms with van der Waals surface area (Å²) in [6.45, 7) is 5.08. The predicted octanol–water partition coefficient (Wildman–Crippen LogP) is 2.83. The molecular weight excluding hydrogens is 320 g/mol. The number of hydrogen-bond donors (Lipinski definition) is 1. The Labute approximate surface area is 147 Å². The van der Waals surface area contributed by atoms with Crippen LogP contribution in [0.25, 0.3) is 0 Å². The van der Waals surface area contributed by atoms with E-state index in [9.17, 15) is 4.79 Å². The summed E-state index contributed by atoms with van der Waals surface area (Å²) in [4.78, 5) is 14.5. The first kappa shape index (κ1) is 17.1. The number of rotatable bonds is 7. The molecule has 1 N–H and O–H groups in total. The van der Waals surface area contributed by atoms with Gasteiger partial charge in [-0.25, -0.2) is 0 Å². The van der Waals surface area contributed by atoms with Gasteiger partial charge in [0, 0.05) is 32.6 Å². The minimum atomic E-state index is 0.113. The summed E-state index contributed by atoms with van der Waals surface area (Å²) in [5.41, 5.74) is 3.73. The largest absolute Gasteiger partial charge is 0.379 e. The van der Waals surface area contributed by atoms with E-state index in [1.54, 1.807) is 11.3 Å². The molecule has 0 aliphatic carbocycles. The molecule has 1 aliphatic heterocycles. The van der Waals surface area contributed by atoms with Crippen molar-refractivity contribution >= 4 is 17.2 Å². The number of aryl methyl sites for hydroxylation is 1. The van der Waals surface area contributed by atoms with E-state index in [1.807, 2.05) is 6.07 Å². The zero-order chi connectivity index (χ0) is 16.6. The number of carbonyl (C=O) groups excluding carboxylic acids is 1. The monoisotopic (exact) mass is 344 g/mol. The molecule has 1 saturated heterocycles. The van der Waals surface area contributed by atoms with Gasteiger partial charge in [0.15, 0.2) is 0 Å². The van der Waals surface area contributed by atoms with Crippen molar-refractivity contribution in [2.24, 2.45) is 0 Å². The Morgan fingerprint density at radius 1 is 1.17 bits per heavy atom. The maximum atomic E-state index is 12.1. The Bertz CT molecular complexity index is 637. The fraction of sp³-hybridized carbons (Fsp3) is 0.421. The number of carbonyl (C=O) groups is 1. The van der Waals surface area contributed by atoms with Crippen LogP contribution >= 0.6 is 11.3 Å². The molecule has 3 rings (SSSR count). The van der Waals surface area contributed by atoms with Crippen LogP contribution in [0.5, 0.6) is 0 Å². The zero-order valence-corrected chi connectivity index (χ0v) is 14.7. The Balaban J connectivity index is 1.49. The molecule has 0 atom stereocenters. The maximum absolute atomic E-state index is 12.1. The Morgan fingerprint density at radius 2 is 1.96 bits per heavy atom. The molecule has 2 aromatic rings. The summed E-state index contributed by atoms with van der Waals surface area (Å²) >= 11 is 1.67. The number of amides is 1. The number of nitrogens with zero attached hydrogens (tertiary/aromatic N) is 1. The minimum absolute atomic E-state index is 0.113. The third-order valence-electron chi connectivity index (χ3n) is 4.31. The van der Waals surface area contributed by atoms with Crippen LogP contribution in [0.3, 0.4) is 0 Å². The molecule has 0 spiro atoms. The van der Waals surface area contributed by atoms with Crippen molar-refractivity contribution in [2.75, 3.05) is 26.3 Å². The molecule has 1 aromatic heterocycles. The van der Waals surface area contributed by atoms with Crippen molar-refractivity contribution in [3.05, 3.63) is 57.8 Å². The highest BCUT2D eigenvalue weighted by Crippen LogP contribution is 2.13. The van der Waals surface area contributed by atoms with Gasteiger partial charge in [-0.05, 0) is 39.9 Å². The van der Waals surface area contributed by atoms with Crippen LogP contribution in [0, 0.1) is 0 Å². The molecule has 0 bridgehead atoms. The first-order valence-electron chi connectivity index (χ1n) is 8.46. The smallest absolute Gasteiger partial charge is 0.220 e. The van der Waals surface area contributed by atoms with Gasteiger partial charge in [-0.3, -0.25) is 9.69 Å². The summed E-state index contributed by atoms with van der Waals surface area (Å²) in [6.07, 6.45) is 1.35. The molecule has 1 aliphatic rings. The van der Waals surface area contributed by atoms with Crippen molar-refractivity contribution < 1.29 is 9.53 Å². The van der Waals surface area contributed by atoms with E-state index in [2.05, 4.69) is 45.2 Å². The lowest BCUT2D eigenvalue weighted by Crippen LogP contribution is -2.36. The van der Waals surface area contributed by atoms with Gasteiger partial charge in [0.1, 0.15) is 0 Å². The lowest BCUT2D eigenvalue weighted by Gasteiger charge is -2.27. The average Bonchev–Trinajstić information content (AvgIpc) is 3.14. The number of benzene rings is 1. The van der Waals surface area contributed by atoms with Gasteiger partial charge in [0.05, 0.1) is 13.2 Å². The molecule has 0 radical (unpaired) electrons. The SMILES string of the molecule is O=C(CCc1ccsc1)NCc1ccccc1CN1CCOCC1. The van der Waals surface area contributed by atoms with Crippen molar-refractivity contribution in [1.29, 1.82) is 0 Å². The van der Waals surface area contributed by atoms with Crippen LogP contribution in [-0.4, -0.2) is 37.1 Å². The fourth-order valence-corrected chi connectivity index (χ4v) is 3.56. The molecule has 2 heterocycles. The topological polar surface area (TPSA) is 41.6 Å². The highest BCUT2D eigenvalue weighted by molar-refractivity contribution is 7.07. The van der Waals surface area contributed by atoms with E-state index in [1.165, 1.54) is 16.7 Å². The molecule has 0 unspecified atom stereocenters. The number of thiophene rings is 1. The minimum Gasteiger partial charge on any atom is -0.379 e. The van der Waals surface area contributed by atoms with Gasteiger partial charge < -0.3 is 10.1 Å². The van der Waals surface area contributed by atoms with E-state index in [0.29, 0.717) is 13.0 Å². The van der Waals surface area contributed by atoms with Gasteiger partial charge in [0.2, 0.25) is 5.91 Å². The molecular formula is C19H24N2O2S. The summed E-state index contributed by atoms with van der Waals surface area (Å²) < 4.78 is 5.41. The van der Waals surface area contributed by atoms with E-state index in [4.69, 9.17) is 4.74 Å². The molecule has 1 fully saturated rings. The van der Waals surface area contributed by atoms with Crippen molar-refractivity contribution in [2.45, 2.75) is 25.9 Å². The third kappa shape index (κ3) is 5.16. The molecule has 5 heteroatoms. The highest BCUT2D eigenvalue weighted by Gasteiger charge is 2.13. The van der Waals surface area contributed by atoms with Crippen LogP contribution in [0.4, 0.5) is 0 Å². The number of ether oxygens (including phenoxy) is 1. The standard InChI is InChI=1S/C19H24N2O2S/c22-19(6-5-16-7-12-24-15-16)20-13-17-3-1-2-4-18(17)14-21-8-10-23-11-9-21/h1-4,7,12,15H,5-6,8-11,13-14H2,(H,20,22). The Hall–Kier alpha value is -1.69. The van der Waals surface area contributed by atoms with Crippen LogP contribution in [0.2, 0.25) is 0 Å². The second kappa shape index (κ2) is 8.97. The Morgan fingerprint density at radius 3 is 2.71 bits per heavy atom. The lowest BCUT2D eigenvalue weighted by molar-refractivity contribution is -0.121. The van der Waals surface area contributed by atoms with Gasteiger partial charge in [-0.15, -0.1) is 0 Å². The number of morpholine rings is 1. The molecule has 128 valence electrons. The highest BCUT2D eigenvalue weighted by atomic mass is 32.1. The fourth-order valence-electron chi connectivity index (χ4n) is 2.86. The van der Waals surface area contributed by atoms with Gasteiger partial charge in [-0.1, -0.05) is 24.3 Å². The van der Waals surface area contributed by atoms with Crippen molar-refractivity contribution in [3.8, 4) is 0 Å². The van der Waals surface area contributed by atoms with E-state index in [0.717, 1.165) is 39.3 Å². The second-order valence-corrected chi connectivity index (χ2v) is 6.85. The van der Waals surface area contributed by atoms with E-state index >= 15 is 0 Å². The predicted molar refractivity (Wildman–Crippen MR) is 97.0 cm³/mol. The Kier molecular flexibility index (Phi) is 6.41. The number of hydrogen-bond acceptors (Lipinski definition) is 4. The molecule has 1 aromatic carbocycles. The molecule has 1 amide bonds. The summed E-state index contributed by atoms with van der Waals surface area (Å²) in [5.74, 6) is 0.113. The van der Waals surface area contributed by atoms with Crippen molar-refractivity contribution in [1.82, 2.24) is 10.2 Å². The molecule has 0 saturated carbocycles. The average molecular weight is 344 g/mol. The first-order valence-corrected chi connectivity index (χ1v) is 9.40. The number of nitrogens with one attached hydrogen (secondary N) is 1. The van der Waals surface area contributed by atoms with Crippen LogP contribution in [-0.2, 0) is 29.0 Å². The normalized spacial score (nSPS) is 15.3. The van der Waals surface area contributed by atoms with Crippen LogP contribution < -0.4 is 5.32 Å². The quantitative estimate of drug-likeness (QED) is 0.840. The van der Waals surface area contributed by atoms with E-state index in [-0.39, 0.29) is 5.91 Å². The molecule has 24 heavy (non-hydrogen) atoms. The van der Waals surface area contributed by atoms with Gasteiger partial charge in [0.25, 0.3) is 0 Å². The summed E-state index contributed by atoms with van der Waals surface area (Å²) in [6, 6.07) is 10.4. The van der Waals surface area contributed by atoms with Gasteiger partial charge in [-0.2, -0.15) is 11.3 Å². The van der Waals surface area contributed by atoms with Crippen molar-refractivity contribution in [3.63, 3.8) is 0 Å². The summed E-state index contributed by atoms with van der Waals surface area (Å²) in [5, 5.41) is 7.21.